The maximum absolute atomic E-state index is 13.1. The molecule has 0 aliphatic heterocycles. The molecule has 0 radical (unpaired) electrons. The summed E-state index contributed by atoms with van der Waals surface area (Å²) in [6, 6.07) is 3.65. The van der Waals surface area contributed by atoms with Gasteiger partial charge in [0.1, 0.15) is 10.7 Å². The number of carbonyl (C=O) groups excluding carboxylic acids is 2. The molecule has 110 valence electrons. The fourth-order valence-electron chi connectivity index (χ4n) is 1.67. The summed E-state index contributed by atoms with van der Waals surface area (Å²) in [6.07, 6.45) is 0. The number of thiophene rings is 1. The van der Waals surface area contributed by atoms with Crippen molar-refractivity contribution in [3.05, 3.63) is 50.4 Å². The highest BCUT2D eigenvalue weighted by atomic mass is 35.5. The van der Waals surface area contributed by atoms with Crippen LogP contribution in [0.3, 0.4) is 0 Å². The SMILES string of the molecule is COC(=O)c1scc(C)c1NC(=O)c1ccc(F)c(Cl)c1. The van der Waals surface area contributed by atoms with Crippen molar-refractivity contribution in [2.75, 3.05) is 12.4 Å². The number of esters is 1. The molecule has 1 aromatic carbocycles. The lowest BCUT2D eigenvalue weighted by atomic mass is 10.2. The molecule has 0 fully saturated rings. The predicted molar refractivity (Wildman–Crippen MR) is 79.8 cm³/mol. The molecule has 1 amide bonds. The van der Waals surface area contributed by atoms with Gasteiger partial charge in [-0.15, -0.1) is 11.3 Å². The molecule has 0 atom stereocenters. The molecule has 1 heterocycles. The zero-order chi connectivity index (χ0) is 15.6. The maximum Gasteiger partial charge on any atom is 0.350 e. The lowest BCUT2D eigenvalue weighted by molar-refractivity contribution is 0.0607. The van der Waals surface area contributed by atoms with E-state index in [9.17, 15) is 14.0 Å². The first kappa shape index (κ1) is 15.5. The van der Waals surface area contributed by atoms with E-state index in [2.05, 4.69) is 10.1 Å². The number of benzene rings is 1. The number of methoxy groups -OCH3 is 1. The Morgan fingerprint density at radius 2 is 2.10 bits per heavy atom. The third-order valence-electron chi connectivity index (χ3n) is 2.77. The van der Waals surface area contributed by atoms with E-state index in [0.717, 1.165) is 11.6 Å². The van der Waals surface area contributed by atoms with E-state index < -0.39 is 17.7 Å². The Balaban J connectivity index is 2.29. The summed E-state index contributed by atoms with van der Waals surface area (Å²) in [7, 11) is 1.27. The van der Waals surface area contributed by atoms with Crippen molar-refractivity contribution in [3.8, 4) is 0 Å². The number of halogens is 2. The van der Waals surface area contributed by atoms with Crippen LogP contribution in [-0.4, -0.2) is 19.0 Å². The Bertz CT molecular complexity index is 714. The minimum atomic E-state index is -0.602. The molecule has 0 saturated heterocycles. The molecule has 1 N–H and O–H groups in total. The number of anilines is 1. The summed E-state index contributed by atoms with van der Waals surface area (Å²) in [6.45, 7) is 1.76. The third kappa shape index (κ3) is 3.22. The monoisotopic (exact) mass is 327 g/mol. The summed E-state index contributed by atoms with van der Waals surface area (Å²) in [5.41, 5.74) is 1.32. The Hall–Kier alpha value is -1.92. The number of rotatable bonds is 3. The number of hydrogen-bond donors (Lipinski definition) is 1. The number of amides is 1. The average Bonchev–Trinajstić information content (AvgIpc) is 2.82. The van der Waals surface area contributed by atoms with Gasteiger partial charge in [0.25, 0.3) is 5.91 Å². The van der Waals surface area contributed by atoms with Gasteiger partial charge < -0.3 is 10.1 Å². The molecule has 0 saturated carbocycles. The number of nitrogens with one attached hydrogen (secondary N) is 1. The lowest BCUT2D eigenvalue weighted by Crippen LogP contribution is -2.14. The van der Waals surface area contributed by atoms with Crippen LogP contribution < -0.4 is 5.32 Å². The van der Waals surface area contributed by atoms with Crippen molar-refractivity contribution in [1.82, 2.24) is 0 Å². The third-order valence-corrected chi connectivity index (χ3v) is 4.13. The van der Waals surface area contributed by atoms with Gasteiger partial charge in [-0.3, -0.25) is 4.79 Å². The van der Waals surface area contributed by atoms with Gasteiger partial charge in [-0.05, 0) is 36.1 Å². The molecule has 7 heteroatoms. The van der Waals surface area contributed by atoms with Crippen LogP contribution >= 0.6 is 22.9 Å². The highest BCUT2D eigenvalue weighted by Gasteiger charge is 2.19. The molecule has 0 aliphatic carbocycles. The number of ether oxygens (including phenoxy) is 1. The van der Waals surface area contributed by atoms with E-state index >= 15 is 0 Å². The summed E-state index contributed by atoms with van der Waals surface area (Å²) >= 11 is 6.82. The van der Waals surface area contributed by atoms with Gasteiger partial charge in [0.15, 0.2) is 0 Å². The fraction of sp³-hybridized carbons (Fsp3) is 0.143. The maximum atomic E-state index is 13.1. The summed E-state index contributed by atoms with van der Waals surface area (Å²) < 4.78 is 17.8. The van der Waals surface area contributed by atoms with Crippen molar-refractivity contribution in [2.24, 2.45) is 0 Å². The van der Waals surface area contributed by atoms with Crippen molar-refractivity contribution >= 4 is 40.5 Å². The van der Waals surface area contributed by atoms with Crippen LogP contribution in [0.4, 0.5) is 10.1 Å². The van der Waals surface area contributed by atoms with E-state index in [1.165, 1.54) is 30.6 Å². The summed E-state index contributed by atoms with van der Waals surface area (Å²) in [5, 5.41) is 4.22. The topological polar surface area (TPSA) is 55.4 Å². The zero-order valence-electron chi connectivity index (χ0n) is 11.2. The molecule has 0 unspecified atom stereocenters. The average molecular weight is 328 g/mol. The van der Waals surface area contributed by atoms with Crippen molar-refractivity contribution < 1.29 is 18.7 Å². The van der Waals surface area contributed by atoms with Gasteiger partial charge in [0, 0.05) is 5.56 Å². The van der Waals surface area contributed by atoms with Crippen LogP contribution in [0.2, 0.25) is 5.02 Å². The number of hydrogen-bond acceptors (Lipinski definition) is 4. The van der Waals surface area contributed by atoms with Gasteiger partial charge in [0.05, 0.1) is 17.8 Å². The molecule has 4 nitrogen and oxygen atoms in total. The largest absolute Gasteiger partial charge is 0.465 e. The first-order valence-corrected chi connectivity index (χ1v) is 7.12. The van der Waals surface area contributed by atoms with Gasteiger partial charge in [-0.25, -0.2) is 9.18 Å². The van der Waals surface area contributed by atoms with E-state index in [0.29, 0.717) is 10.6 Å². The second-order valence-corrected chi connectivity index (χ2v) is 5.48. The molecular weight excluding hydrogens is 317 g/mol. The van der Waals surface area contributed by atoms with E-state index in [4.69, 9.17) is 11.6 Å². The minimum absolute atomic E-state index is 0.141. The normalized spacial score (nSPS) is 10.3. The van der Waals surface area contributed by atoms with Crippen LogP contribution in [0.5, 0.6) is 0 Å². The van der Waals surface area contributed by atoms with Crippen LogP contribution in [0.25, 0.3) is 0 Å². The smallest absolute Gasteiger partial charge is 0.350 e. The van der Waals surface area contributed by atoms with Gasteiger partial charge >= 0.3 is 5.97 Å². The standard InChI is InChI=1S/C14H11ClFNO3S/c1-7-6-21-12(14(19)20-2)11(7)17-13(18)8-3-4-10(16)9(15)5-8/h3-6H,1-2H3,(H,17,18). The lowest BCUT2D eigenvalue weighted by Gasteiger charge is -2.08. The molecule has 0 aliphatic rings. The minimum Gasteiger partial charge on any atom is -0.465 e. The highest BCUT2D eigenvalue weighted by molar-refractivity contribution is 7.12. The van der Waals surface area contributed by atoms with Gasteiger partial charge in [0.2, 0.25) is 0 Å². The molecule has 21 heavy (non-hydrogen) atoms. The Kier molecular flexibility index (Phi) is 4.59. The van der Waals surface area contributed by atoms with Crippen molar-refractivity contribution in [3.63, 3.8) is 0 Å². The van der Waals surface area contributed by atoms with Crippen LogP contribution in [0, 0.1) is 12.7 Å². The van der Waals surface area contributed by atoms with Crippen LogP contribution in [-0.2, 0) is 4.74 Å². The Morgan fingerprint density at radius 1 is 1.38 bits per heavy atom. The fourth-order valence-corrected chi connectivity index (χ4v) is 2.77. The summed E-state index contributed by atoms with van der Waals surface area (Å²) in [5.74, 6) is -1.61. The summed E-state index contributed by atoms with van der Waals surface area (Å²) in [4.78, 5) is 24.1. The predicted octanol–water partition coefficient (Wildman–Crippen LogP) is 3.89. The number of aryl methyl sites for hydroxylation is 1. The van der Waals surface area contributed by atoms with Gasteiger partial charge in [-0.2, -0.15) is 0 Å². The first-order valence-electron chi connectivity index (χ1n) is 5.87. The zero-order valence-corrected chi connectivity index (χ0v) is 12.8. The molecule has 2 aromatic rings. The van der Waals surface area contributed by atoms with Crippen LogP contribution in [0.1, 0.15) is 25.6 Å². The Morgan fingerprint density at radius 3 is 2.71 bits per heavy atom. The van der Waals surface area contributed by atoms with Crippen molar-refractivity contribution in [1.29, 1.82) is 0 Å². The second kappa shape index (κ2) is 6.24. The molecule has 1 aromatic heterocycles. The number of carbonyl (C=O) groups is 2. The quantitative estimate of drug-likeness (QED) is 0.870. The van der Waals surface area contributed by atoms with Gasteiger partial charge in [-0.1, -0.05) is 11.6 Å². The first-order chi connectivity index (χ1) is 9.93. The highest BCUT2D eigenvalue weighted by Crippen LogP contribution is 2.29. The van der Waals surface area contributed by atoms with E-state index in [1.54, 1.807) is 12.3 Å². The van der Waals surface area contributed by atoms with Crippen molar-refractivity contribution in [2.45, 2.75) is 6.92 Å². The van der Waals surface area contributed by atoms with Crippen LogP contribution in [0.15, 0.2) is 23.6 Å². The molecular formula is C14H11ClFNO3S. The van der Waals surface area contributed by atoms with E-state index in [1.807, 2.05) is 0 Å². The molecule has 0 bridgehead atoms. The molecule has 2 rings (SSSR count). The van der Waals surface area contributed by atoms with E-state index in [-0.39, 0.29) is 10.6 Å². The second-order valence-electron chi connectivity index (χ2n) is 4.20. The Labute approximate surface area is 129 Å². The molecule has 0 spiro atoms.